The number of amides is 2. The number of nitrogens with one attached hydrogen (secondary N) is 1. The summed E-state index contributed by atoms with van der Waals surface area (Å²) in [6.07, 6.45) is -1.81. The van der Waals surface area contributed by atoms with Gasteiger partial charge in [0.25, 0.3) is 11.8 Å². The summed E-state index contributed by atoms with van der Waals surface area (Å²) in [7, 11) is 0. The zero-order valence-corrected chi connectivity index (χ0v) is 19.2. The maximum atomic E-state index is 13.9. The summed E-state index contributed by atoms with van der Waals surface area (Å²) in [4.78, 5) is 38.4. The average molecular weight is 518 g/mol. The third-order valence-electron chi connectivity index (χ3n) is 5.44. The van der Waals surface area contributed by atoms with Crippen LogP contribution >= 0.6 is 23.5 Å². The van der Waals surface area contributed by atoms with E-state index in [1.165, 1.54) is 46.4 Å². The normalized spacial score (nSPS) is 20.4. The predicted molar refractivity (Wildman–Crippen MR) is 120 cm³/mol. The van der Waals surface area contributed by atoms with Gasteiger partial charge in [-0.3, -0.25) is 14.5 Å². The first-order chi connectivity index (χ1) is 16.8. The molecular weight excluding hydrogens is 501 g/mol. The number of carboxylic acids is 1. The number of benzene rings is 1. The van der Waals surface area contributed by atoms with Gasteiger partial charge in [0.2, 0.25) is 0 Å². The molecule has 3 atom stereocenters. The molecule has 2 aliphatic heterocycles. The van der Waals surface area contributed by atoms with Crippen LogP contribution in [0.4, 0.5) is 4.39 Å². The Labute approximate surface area is 204 Å². The van der Waals surface area contributed by atoms with Crippen LogP contribution in [0, 0.1) is 5.82 Å². The Balaban J connectivity index is 1.29. The van der Waals surface area contributed by atoms with E-state index in [1.54, 1.807) is 12.1 Å². The monoisotopic (exact) mass is 517 g/mol. The van der Waals surface area contributed by atoms with E-state index in [1.807, 2.05) is 0 Å². The van der Waals surface area contributed by atoms with Crippen molar-refractivity contribution in [3.63, 3.8) is 0 Å². The number of aliphatic hydroxyl groups is 1. The Kier molecular flexibility index (Phi) is 6.12. The maximum Gasteiger partial charge on any atom is 0.352 e. The fourth-order valence-corrected chi connectivity index (χ4v) is 6.07. The highest BCUT2D eigenvalue weighted by Gasteiger charge is 2.54. The Hall–Kier alpha value is -3.56. The molecule has 0 aliphatic carbocycles. The first kappa shape index (κ1) is 23.2. The van der Waals surface area contributed by atoms with E-state index in [0.29, 0.717) is 22.0 Å². The van der Waals surface area contributed by atoms with Gasteiger partial charge in [0.15, 0.2) is 11.8 Å². The van der Waals surface area contributed by atoms with Crippen molar-refractivity contribution in [1.82, 2.24) is 35.5 Å². The van der Waals surface area contributed by atoms with Gasteiger partial charge in [-0.25, -0.2) is 9.18 Å². The molecule has 0 radical (unpaired) electrons. The van der Waals surface area contributed by atoms with Crippen molar-refractivity contribution in [3.8, 4) is 0 Å². The zero-order chi connectivity index (χ0) is 24.7. The van der Waals surface area contributed by atoms with Crippen LogP contribution in [0.1, 0.15) is 11.7 Å². The van der Waals surface area contributed by atoms with Crippen molar-refractivity contribution >= 4 is 47.0 Å². The molecule has 3 aromatic rings. The molecule has 12 nitrogen and oxygen atoms in total. The van der Waals surface area contributed by atoms with Crippen LogP contribution in [0.15, 0.2) is 52.7 Å². The van der Waals surface area contributed by atoms with E-state index in [-0.39, 0.29) is 17.0 Å². The van der Waals surface area contributed by atoms with Crippen molar-refractivity contribution in [2.24, 2.45) is 0 Å². The summed E-state index contributed by atoms with van der Waals surface area (Å²) in [5.74, 6) is -3.02. The summed E-state index contributed by atoms with van der Waals surface area (Å²) < 4.78 is 15.2. The van der Waals surface area contributed by atoms with Gasteiger partial charge in [0.1, 0.15) is 28.0 Å². The van der Waals surface area contributed by atoms with Gasteiger partial charge < -0.3 is 15.5 Å². The molecule has 0 bridgehead atoms. The van der Waals surface area contributed by atoms with E-state index >= 15 is 0 Å². The summed E-state index contributed by atoms with van der Waals surface area (Å²) in [6.45, 7) is 0. The summed E-state index contributed by atoms with van der Waals surface area (Å²) in [6, 6.07) is 7.62. The first-order valence-corrected chi connectivity index (χ1v) is 12.2. The largest absolute Gasteiger partial charge is 0.477 e. The second-order valence-corrected chi connectivity index (χ2v) is 9.66. The number of rotatable bonds is 7. The number of hydrogen-bond acceptors (Lipinski definition) is 10. The van der Waals surface area contributed by atoms with Crippen molar-refractivity contribution in [2.75, 3.05) is 11.5 Å². The molecule has 4 heterocycles. The quantitative estimate of drug-likeness (QED) is 0.290. The highest BCUT2D eigenvalue weighted by molar-refractivity contribution is 8.01. The molecule has 0 saturated carbocycles. The first-order valence-electron chi connectivity index (χ1n) is 10.2. The number of aromatic nitrogens is 5. The average Bonchev–Trinajstić information content (AvgIpc) is 3.33. The molecule has 1 fully saturated rings. The Morgan fingerprint density at radius 3 is 2.86 bits per heavy atom. The van der Waals surface area contributed by atoms with Crippen molar-refractivity contribution < 1.29 is 29.0 Å². The number of β-lactam (4-membered cyclic amide) rings is 1. The van der Waals surface area contributed by atoms with Crippen LogP contribution < -0.4 is 5.32 Å². The van der Waals surface area contributed by atoms with Crippen molar-refractivity contribution in [1.29, 1.82) is 0 Å². The van der Waals surface area contributed by atoms with Crippen LogP contribution in [0.2, 0.25) is 0 Å². The smallest absolute Gasteiger partial charge is 0.352 e. The number of aliphatic carboxylic acids is 1. The van der Waals surface area contributed by atoms with Crippen molar-refractivity contribution in [2.45, 2.75) is 22.5 Å². The van der Waals surface area contributed by atoms with Gasteiger partial charge >= 0.3 is 5.97 Å². The number of carbonyl (C=O) groups excluding carboxylic acids is 2. The number of carboxylic acid groups (broad SMARTS) is 1. The lowest BCUT2D eigenvalue weighted by Gasteiger charge is -2.49. The lowest BCUT2D eigenvalue weighted by Crippen LogP contribution is -2.70. The highest BCUT2D eigenvalue weighted by atomic mass is 32.2. The van der Waals surface area contributed by atoms with Crippen LogP contribution in [-0.4, -0.2) is 81.1 Å². The Morgan fingerprint density at radius 2 is 2.09 bits per heavy atom. The molecule has 2 unspecified atom stereocenters. The molecule has 15 heteroatoms. The Morgan fingerprint density at radius 1 is 1.29 bits per heavy atom. The van der Waals surface area contributed by atoms with Gasteiger partial charge in [-0.2, -0.15) is 0 Å². The summed E-state index contributed by atoms with van der Waals surface area (Å²) >= 11 is 2.56. The number of carbonyl (C=O) groups is 3. The predicted octanol–water partition coefficient (Wildman–Crippen LogP) is 0.223. The van der Waals surface area contributed by atoms with Gasteiger partial charge in [-0.1, -0.05) is 18.2 Å². The minimum absolute atomic E-state index is 0.144. The summed E-state index contributed by atoms with van der Waals surface area (Å²) in [5.41, 5.74) is 0.626. The fraction of sp³-hybridized carbons (Fsp3) is 0.250. The second-order valence-electron chi connectivity index (χ2n) is 7.56. The zero-order valence-electron chi connectivity index (χ0n) is 17.6. The van der Waals surface area contributed by atoms with Crippen molar-refractivity contribution in [3.05, 3.63) is 59.0 Å². The van der Waals surface area contributed by atoms with Gasteiger partial charge in [-0.15, -0.1) is 38.4 Å². The molecule has 1 aromatic carbocycles. The topological polar surface area (TPSA) is 163 Å². The van der Waals surface area contributed by atoms with Crippen LogP contribution in [-0.2, 0) is 14.4 Å². The SMILES string of the molecule is O=C(O)C1=C(CSc2ccc3nnnn3n2)CS[C@H]2C(NC(=O)C(O)c3ccccc3F)C(=O)N12. The molecule has 5 rings (SSSR count). The third-order valence-corrected chi connectivity index (χ3v) is 7.78. The van der Waals surface area contributed by atoms with E-state index in [4.69, 9.17) is 0 Å². The molecule has 3 N–H and O–H groups in total. The third kappa shape index (κ3) is 4.21. The molecule has 0 spiro atoms. The van der Waals surface area contributed by atoms with Gasteiger partial charge in [0, 0.05) is 17.1 Å². The molecule has 2 aromatic heterocycles. The minimum atomic E-state index is -1.81. The second kappa shape index (κ2) is 9.24. The molecule has 2 aliphatic rings. The lowest BCUT2D eigenvalue weighted by molar-refractivity contribution is -0.151. The number of thioether (sulfide) groups is 2. The lowest BCUT2D eigenvalue weighted by atomic mass is 10.0. The molecule has 1 saturated heterocycles. The number of fused-ring (bicyclic) bond motifs is 2. The number of nitrogens with zero attached hydrogens (tertiary/aromatic N) is 6. The number of hydrogen-bond donors (Lipinski definition) is 3. The Bertz CT molecular complexity index is 1380. The van der Waals surface area contributed by atoms with Crippen LogP contribution in [0.5, 0.6) is 0 Å². The minimum Gasteiger partial charge on any atom is -0.477 e. The number of halogens is 1. The molecule has 180 valence electrons. The molecule has 35 heavy (non-hydrogen) atoms. The maximum absolute atomic E-state index is 13.9. The van der Waals surface area contributed by atoms with Crippen LogP contribution in [0.25, 0.3) is 5.65 Å². The van der Waals surface area contributed by atoms with Crippen LogP contribution in [0.3, 0.4) is 0 Å². The highest BCUT2D eigenvalue weighted by Crippen LogP contribution is 2.41. The van der Waals surface area contributed by atoms with E-state index in [2.05, 4.69) is 25.9 Å². The van der Waals surface area contributed by atoms with Gasteiger partial charge in [0.05, 0.1) is 0 Å². The number of aliphatic hydroxyl groups excluding tert-OH is 1. The van der Waals surface area contributed by atoms with E-state index < -0.39 is 41.1 Å². The number of tetrazole rings is 1. The van der Waals surface area contributed by atoms with Gasteiger partial charge in [-0.05, 0) is 34.2 Å². The summed E-state index contributed by atoms with van der Waals surface area (Å²) in [5, 5.41) is 37.6. The standard InChI is InChI=1S/C20H16FN7O5S2/c21-11-4-2-1-3-10(11)16(29)17(30)22-14-18(31)27-15(20(32)33)9(8-35-19(14)27)7-34-13-6-5-12-23-25-26-28(12)24-13/h1-6,14,16,19,29H,7-8H2,(H,22,30)(H,32,33)/t14?,16?,19-/m0/s1. The molecular formula is C20H16FN7O5S2. The van der Waals surface area contributed by atoms with E-state index in [9.17, 15) is 29.0 Å². The fourth-order valence-electron chi connectivity index (χ4n) is 3.74. The van der Waals surface area contributed by atoms with E-state index in [0.717, 1.165) is 11.0 Å². The molecule has 2 amide bonds.